The molecule has 7 nitrogen and oxygen atoms in total. The Labute approximate surface area is 146 Å². The van der Waals surface area contributed by atoms with Crippen molar-refractivity contribution >= 4 is 6.21 Å². The van der Waals surface area contributed by atoms with Crippen molar-refractivity contribution in [2.45, 2.75) is 6.18 Å². The van der Waals surface area contributed by atoms with Crippen molar-refractivity contribution in [2.75, 3.05) is 27.2 Å². The van der Waals surface area contributed by atoms with Crippen LogP contribution in [0.4, 0.5) is 13.2 Å². The van der Waals surface area contributed by atoms with E-state index in [-0.39, 0.29) is 11.3 Å². The summed E-state index contributed by atoms with van der Waals surface area (Å²) < 4.78 is 39.2. The van der Waals surface area contributed by atoms with E-state index in [1.165, 1.54) is 6.07 Å². The highest BCUT2D eigenvalue weighted by Gasteiger charge is 2.30. The molecule has 2 aromatic rings. The van der Waals surface area contributed by atoms with Crippen molar-refractivity contribution in [2.24, 2.45) is 4.99 Å². The number of aromatic nitrogens is 2. The number of likely N-dealkylation sites (N-methyl/N-ethyl adjacent to an activating group) is 1. The molecule has 0 radical (unpaired) electrons. The van der Waals surface area contributed by atoms with Crippen LogP contribution in [0.15, 0.2) is 38.8 Å². The minimum atomic E-state index is -4.62. The zero-order valence-corrected chi connectivity index (χ0v) is 14.0. The molecule has 2 N–H and O–H groups in total. The average Bonchev–Trinajstić information content (AvgIpc) is 2.53. The molecule has 0 amide bonds. The van der Waals surface area contributed by atoms with Gasteiger partial charge in [-0.1, -0.05) is 6.07 Å². The van der Waals surface area contributed by atoms with E-state index in [2.05, 4.69) is 4.99 Å². The Hall–Kier alpha value is -2.88. The van der Waals surface area contributed by atoms with Crippen LogP contribution < -0.4 is 11.2 Å². The lowest BCUT2D eigenvalue weighted by Gasteiger charge is -2.12. The molecule has 0 unspecified atom stereocenters. The molecule has 1 heterocycles. The first kappa shape index (κ1) is 19.4. The van der Waals surface area contributed by atoms with Gasteiger partial charge in [-0.2, -0.15) is 13.2 Å². The number of benzene rings is 1. The van der Waals surface area contributed by atoms with Gasteiger partial charge in [0.15, 0.2) is 0 Å². The number of alkyl halides is 3. The summed E-state index contributed by atoms with van der Waals surface area (Å²) in [6.07, 6.45) is -3.53. The molecule has 0 saturated heterocycles. The predicted molar refractivity (Wildman–Crippen MR) is 90.3 cm³/mol. The largest absolute Gasteiger partial charge is 0.493 e. The van der Waals surface area contributed by atoms with Gasteiger partial charge < -0.3 is 10.0 Å². The van der Waals surface area contributed by atoms with Crippen LogP contribution in [0.3, 0.4) is 0 Å². The van der Waals surface area contributed by atoms with Crippen LogP contribution in [0, 0.1) is 0 Å². The number of hydrogen-bond donors (Lipinski definition) is 2. The summed E-state index contributed by atoms with van der Waals surface area (Å²) in [5, 5.41) is 10.3. The number of halogens is 3. The number of hydrogen-bond acceptors (Lipinski definition) is 5. The second-order valence-corrected chi connectivity index (χ2v) is 5.72. The maximum atomic E-state index is 12.9. The number of nitrogens with one attached hydrogen (secondary N) is 1. The fourth-order valence-electron chi connectivity index (χ4n) is 2.13. The van der Waals surface area contributed by atoms with Crippen molar-refractivity contribution < 1.29 is 18.3 Å². The normalized spacial score (nSPS) is 12.2. The third-order valence-corrected chi connectivity index (χ3v) is 3.45. The fraction of sp³-hybridized carbons (Fsp3) is 0.312. The standard InChI is InChI=1S/C16H17F3N4O3/c1-22(2)7-6-20-9-12-13(24)21-15(26)23(14(12)25)11-5-3-4-10(8-11)16(17,18)19/h3-5,8-9,25H,6-7H2,1-2H3,(H,21,24,26). The van der Waals surface area contributed by atoms with Crippen LogP contribution in [-0.2, 0) is 6.18 Å². The minimum Gasteiger partial charge on any atom is -0.493 e. The molecule has 1 aromatic heterocycles. The Bertz CT molecular complexity index is 930. The second-order valence-electron chi connectivity index (χ2n) is 5.72. The van der Waals surface area contributed by atoms with Crippen LogP contribution >= 0.6 is 0 Å². The molecule has 0 aliphatic heterocycles. The highest BCUT2D eigenvalue weighted by molar-refractivity contribution is 5.82. The van der Waals surface area contributed by atoms with Crippen LogP contribution in [0.2, 0.25) is 0 Å². The SMILES string of the molecule is CN(C)CCN=Cc1c(O)n(-c2cccc(C(F)(F)F)c2)c(=O)[nH]c1=O. The van der Waals surface area contributed by atoms with Gasteiger partial charge in [-0.05, 0) is 32.3 Å². The van der Waals surface area contributed by atoms with Gasteiger partial charge >= 0.3 is 11.9 Å². The summed E-state index contributed by atoms with van der Waals surface area (Å²) in [7, 11) is 3.65. The second kappa shape index (κ2) is 7.56. The van der Waals surface area contributed by atoms with Crippen LogP contribution in [-0.4, -0.2) is 53.0 Å². The third kappa shape index (κ3) is 4.39. The van der Waals surface area contributed by atoms with E-state index in [4.69, 9.17) is 0 Å². The number of aromatic amines is 1. The summed E-state index contributed by atoms with van der Waals surface area (Å²) in [4.78, 5) is 31.7. The zero-order valence-electron chi connectivity index (χ0n) is 14.0. The number of rotatable bonds is 5. The van der Waals surface area contributed by atoms with Crippen molar-refractivity contribution in [3.63, 3.8) is 0 Å². The Morgan fingerprint density at radius 3 is 2.62 bits per heavy atom. The Kier molecular flexibility index (Phi) is 5.66. The first-order valence-corrected chi connectivity index (χ1v) is 7.51. The van der Waals surface area contributed by atoms with Gasteiger partial charge in [-0.25, -0.2) is 9.36 Å². The molecule has 140 valence electrons. The molecule has 26 heavy (non-hydrogen) atoms. The Morgan fingerprint density at radius 1 is 1.31 bits per heavy atom. The maximum absolute atomic E-state index is 12.9. The van der Waals surface area contributed by atoms with E-state index < -0.39 is 28.9 Å². The van der Waals surface area contributed by atoms with E-state index >= 15 is 0 Å². The van der Waals surface area contributed by atoms with Crippen LogP contribution in [0.25, 0.3) is 5.69 Å². The molecule has 0 saturated carbocycles. The topological polar surface area (TPSA) is 90.7 Å². The summed E-state index contributed by atoms with van der Waals surface area (Å²) in [5.74, 6) is -0.785. The van der Waals surface area contributed by atoms with Gasteiger partial charge in [0.25, 0.3) is 5.56 Å². The van der Waals surface area contributed by atoms with Crippen molar-refractivity contribution in [1.82, 2.24) is 14.5 Å². The molecule has 0 fully saturated rings. The highest BCUT2D eigenvalue weighted by Crippen LogP contribution is 2.30. The molecular formula is C16H17F3N4O3. The molecular weight excluding hydrogens is 353 g/mol. The van der Waals surface area contributed by atoms with E-state index in [9.17, 15) is 27.9 Å². The van der Waals surface area contributed by atoms with Gasteiger partial charge in [-0.15, -0.1) is 0 Å². The van der Waals surface area contributed by atoms with Gasteiger partial charge in [0, 0.05) is 12.8 Å². The van der Waals surface area contributed by atoms with E-state index in [0.29, 0.717) is 23.7 Å². The molecule has 10 heteroatoms. The molecule has 0 aliphatic carbocycles. The lowest BCUT2D eigenvalue weighted by Crippen LogP contribution is -2.31. The fourth-order valence-corrected chi connectivity index (χ4v) is 2.13. The van der Waals surface area contributed by atoms with Crippen LogP contribution in [0.1, 0.15) is 11.1 Å². The Balaban J connectivity index is 2.52. The Morgan fingerprint density at radius 2 is 2.00 bits per heavy atom. The molecule has 1 aromatic carbocycles. The smallest absolute Gasteiger partial charge is 0.416 e. The van der Waals surface area contributed by atoms with Crippen LogP contribution in [0.5, 0.6) is 5.88 Å². The first-order chi connectivity index (χ1) is 12.1. The quantitative estimate of drug-likeness (QED) is 0.775. The van der Waals surface area contributed by atoms with Gasteiger partial charge in [-0.3, -0.25) is 14.8 Å². The van der Waals surface area contributed by atoms with Crippen molar-refractivity contribution in [3.8, 4) is 11.6 Å². The molecule has 0 bridgehead atoms. The van der Waals surface area contributed by atoms with Crippen molar-refractivity contribution in [1.29, 1.82) is 0 Å². The summed E-state index contributed by atoms with van der Waals surface area (Å²) in [6.45, 7) is 0.914. The average molecular weight is 370 g/mol. The summed E-state index contributed by atoms with van der Waals surface area (Å²) in [5.41, 5.74) is -3.49. The van der Waals surface area contributed by atoms with Gasteiger partial charge in [0.05, 0.1) is 17.8 Å². The lowest BCUT2D eigenvalue weighted by atomic mass is 10.2. The monoisotopic (exact) mass is 370 g/mol. The lowest BCUT2D eigenvalue weighted by molar-refractivity contribution is -0.137. The van der Waals surface area contributed by atoms with Gasteiger partial charge in [0.2, 0.25) is 5.88 Å². The molecule has 0 atom stereocenters. The molecule has 2 rings (SSSR count). The number of aliphatic imine (C=N–C) groups is 1. The van der Waals surface area contributed by atoms with E-state index in [1.54, 1.807) is 0 Å². The summed E-state index contributed by atoms with van der Waals surface area (Å²) >= 11 is 0. The minimum absolute atomic E-state index is 0.235. The predicted octanol–water partition coefficient (Wildman–Crippen LogP) is 1.23. The third-order valence-electron chi connectivity index (χ3n) is 3.45. The number of aromatic hydroxyl groups is 1. The first-order valence-electron chi connectivity index (χ1n) is 7.51. The molecule has 0 spiro atoms. The molecule has 0 aliphatic rings. The van der Waals surface area contributed by atoms with E-state index in [0.717, 1.165) is 18.3 Å². The zero-order chi connectivity index (χ0) is 19.5. The number of nitrogens with zero attached hydrogens (tertiary/aromatic N) is 3. The van der Waals surface area contributed by atoms with Gasteiger partial charge in [0.1, 0.15) is 5.56 Å². The van der Waals surface area contributed by atoms with E-state index in [1.807, 2.05) is 24.0 Å². The highest BCUT2D eigenvalue weighted by atomic mass is 19.4. The number of H-pyrrole nitrogens is 1. The maximum Gasteiger partial charge on any atom is 0.416 e. The van der Waals surface area contributed by atoms with Crippen molar-refractivity contribution in [3.05, 3.63) is 56.2 Å². The summed E-state index contributed by atoms with van der Waals surface area (Å²) in [6, 6.07) is 3.84.